The maximum absolute atomic E-state index is 12.9. The van der Waals surface area contributed by atoms with E-state index < -0.39 is 153 Å². The predicted molar refractivity (Wildman–Crippen MR) is 194 cm³/mol. The van der Waals surface area contributed by atoms with Crippen molar-refractivity contribution in [1.82, 2.24) is 0 Å². The minimum atomic E-state index is -1.86. The van der Waals surface area contributed by atoms with Gasteiger partial charge in [-0.15, -0.1) is 0 Å². The SMILES string of the molecule is CCCCCC(=O)O[C@@H]1[C@@H](O[C@@H]2O[C@@H](C)[C@H](OC(C)=O)[C@@H](O[C@@H]3O[C@@H](C)[C@H](OC(C)=O)[C@@H](O[C@@H]4O[C@@H](C)[C@H](O)[C@@H](O)[C@H]4O)[C@H]3OC(C)=O)[C@H]2OC(C)=O)[C@@H](O)[C@H](O)O[C@H]1C. The van der Waals surface area contributed by atoms with Gasteiger partial charge in [-0.05, 0) is 34.1 Å². The molecule has 0 aliphatic carbocycles. The van der Waals surface area contributed by atoms with Crippen LogP contribution in [0, 0.1) is 0 Å². The summed E-state index contributed by atoms with van der Waals surface area (Å²) >= 11 is 0. The van der Waals surface area contributed by atoms with Gasteiger partial charge in [-0.2, -0.15) is 0 Å². The van der Waals surface area contributed by atoms with Crippen LogP contribution in [0.2, 0.25) is 0 Å². The minimum Gasteiger partial charge on any atom is -0.457 e. The summed E-state index contributed by atoms with van der Waals surface area (Å²) in [6.07, 6.45) is -28.7. The first-order valence-corrected chi connectivity index (χ1v) is 20.0. The lowest BCUT2D eigenvalue weighted by molar-refractivity contribution is -0.384. The van der Waals surface area contributed by atoms with E-state index in [9.17, 15) is 49.5 Å². The molecule has 344 valence electrons. The molecule has 4 heterocycles. The Labute approximate surface area is 346 Å². The lowest BCUT2D eigenvalue weighted by atomic mass is 9.95. The zero-order valence-corrected chi connectivity index (χ0v) is 35.1. The fourth-order valence-electron chi connectivity index (χ4n) is 7.46. The van der Waals surface area contributed by atoms with Gasteiger partial charge in [0.2, 0.25) is 0 Å². The zero-order valence-electron chi connectivity index (χ0n) is 35.1. The molecule has 22 heteroatoms. The van der Waals surface area contributed by atoms with Crippen LogP contribution in [-0.2, 0) is 80.8 Å². The lowest BCUT2D eigenvalue weighted by Crippen LogP contribution is -2.68. The predicted octanol–water partition coefficient (Wildman–Crippen LogP) is -1.22. The molecule has 4 rings (SSSR count). The minimum absolute atomic E-state index is 0.0369. The van der Waals surface area contributed by atoms with Crippen LogP contribution in [0.1, 0.15) is 88.0 Å². The van der Waals surface area contributed by atoms with Crippen molar-refractivity contribution < 1.29 is 106 Å². The van der Waals surface area contributed by atoms with Gasteiger partial charge in [-0.25, -0.2) is 0 Å². The van der Waals surface area contributed by atoms with Crippen LogP contribution in [0.4, 0.5) is 0 Å². The van der Waals surface area contributed by atoms with Crippen LogP contribution < -0.4 is 0 Å². The van der Waals surface area contributed by atoms with Crippen molar-refractivity contribution >= 4 is 29.8 Å². The summed E-state index contributed by atoms with van der Waals surface area (Å²) < 4.78 is 70.2. The van der Waals surface area contributed by atoms with E-state index in [1.54, 1.807) is 0 Å². The normalized spacial score (nSPS) is 42.0. The molecule has 20 atom stereocenters. The van der Waals surface area contributed by atoms with Crippen molar-refractivity contribution in [1.29, 1.82) is 0 Å². The molecule has 4 aliphatic heterocycles. The van der Waals surface area contributed by atoms with E-state index in [2.05, 4.69) is 0 Å². The maximum atomic E-state index is 12.9. The molecule has 4 saturated heterocycles. The molecule has 0 aromatic rings. The molecule has 5 N–H and O–H groups in total. The van der Waals surface area contributed by atoms with Crippen LogP contribution >= 0.6 is 0 Å². The second-order valence-electron chi connectivity index (χ2n) is 15.3. The van der Waals surface area contributed by atoms with E-state index in [1.165, 1.54) is 27.7 Å². The number of unbranched alkanes of at least 4 members (excludes halogenated alkanes) is 2. The molecule has 4 fully saturated rings. The third kappa shape index (κ3) is 12.3. The van der Waals surface area contributed by atoms with Crippen LogP contribution in [0.3, 0.4) is 0 Å². The first-order valence-electron chi connectivity index (χ1n) is 20.0. The average Bonchev–Trinajstić information content (AvgIpc) is 3.15. The van der Waals surface area contributed by atoms with E-state index in [4.69, 9.17) is 56.8 Å². The highest BCUT2D eigenvalue weighted by Gasteiger charge is 2.58. The van der Waals surface area contributed by atoms with E-state index in [-0.39, 0.29) is 6.42 Å². The number of hydrogen-bond donors (Lipinski definition) is 5. The molecule has 0 saturated carbocycles. The highest BCUT2D eigenvalue weighted by molar-refractivity contribution is 5.69. The Hall–Kier alpha value is -3.13. The maximum Gasteiger partial charge on any atom is 0.306 e. The third-order valence-electron chi connectivity index (χ3n) is 10.4. The molecule has 22 nitrogen and oxygen atoms in total. The molecule has 0 unspecified atom stereocenters. The van der Waals surface area contributed by atoms with Crippen LogP contribution in [-0.4, -0.2) is 178 Å². The molecule has 60 heavy (non-hydrogen) atoms. The monoisotopic (exact) mass is 868 g/mol. The summed E-state index contributed by atoms with van der Waals surface area (Å²) in [4.78, 5) is 63.2. The summed E-state index contributed by atoms with van der Waals surface area (Å²) in [5.74, 6) is -4.14. The fraction of sp³-hybridized carbons (Fsp3) is 0.868. The lowest BCUT2D eigenvalue weighted by Gasteiger charge is -2.50. The zero-order chi connectivity index (χ0) is 44.7. The van der Waals surface area contributed by atoms with E-state index >= 15 is 0 Å². The number of aliphatic hydroxyl groups excluding tert-OH is 5. The Morgan fingerprint density at radius 1 is 0.433 bits per heavy atom. The number of carbonyl (C=O) groups is 5. The average molecular weight is 869 g/mol. The smallest absolute Gasteiger partial charge is 0.306 e. The van der Waals surface area contributed by atoms with Gasteiger partial charge in [0.05, 0.1) is 24.4 Å². The van der Waals surface area contributed by atoms with Gasteiger partial charge in [-0.3, -0.25) is 24.0 Å². The number of hydrogen-bond acceptors (Lipinski definition) is 22. The quantitative estimate of drug-likeness (QED) is 0.0732. The Kier molecular flexibility index (Phi) is 18.0. The topological polar surface area (TPSA) is 297 Å². The van der Waals surface area contributed by atoms with E-state index in [0.29, 0.717) is 6.42 Å². The molecule has 0 radical (unpaired) electrons. The molecule has 0 aromatic carbocycles. The third-order valence-corrected chi connectivity index (χ3v) is 10.4. The van der Waals surface area contributed by atoms with Gasteiger partial charge in [0.1, 0.15) is 42.7 Å². The van der Waals surface area contributed by atoms with Crippen LogP contribution in [0.15, 0.2) is 0 Å². The van der Waals surface area contributed by atoms with E-state index in [1.807, 2.05) is 6.92 Å². The Morgan fingerprint density at radius 3 is 1.30 bits per heavy atom. The highest BCUT2D eigenvalue weighted by atomic mass is 16.8. The molecular weight excluding hydrogens is 808 g/mol. The van der Waals surface area contributed by atoms with Crippen LogP contribution in [0.5, 0.6) is 0 Å². The second kappa shape index (κ2) is 21.8. The Bertz CT molecular complexity index is 1460. The number of rotatable bonds is 15. The number of ether oxygens (including phenoxy) is 12. The highest BCUT2D eigenvalue weighted by Crippen LogP contribution is 2.38. The second-order valence-corrected chi connectivity index (χ2v) is 15.3. The standard InChI is InChI=1S/C38H60O22/c1-10-11-12-13-22(43)57-27-15(3)49-35(48)26(47)30(27)58-37-34(56-21(9)42)32(29(17(5)51-37)54-19(7)40)60-38-33(55-20(8)41)31(28(16(4)52-38)53-18(6)39)59-36-25(46)24(45)23(44)14(2)50-36/h14-17,23-38,44-48H,10-13H2,1-9H3/t14-,15-,16-,17-,23-,24+,25+,26+,27-,28-,29-,30-,31+,32+,33+,34+,35+,36-,37-,38-/m0/s1. The fourth-order valence-corrected chi connectivity index (χ4v) is 7.46. The van der Waals surface area contributed by atoms with Crippen molar-refractivity contribution in [2.45, 2.75) is 211 Å². The largest absolute Gasteiger partial charge is 0.457 e. The summed E-state index contributed by atoms with van der Waals surface area (Å²) in [5.41, 5.74) is 0. The Morgan fingerprint density at radius 2 is 0.833 bits per heavy atom. The molecule has 4 aliphatic rings. The number of aliphatic hydroxyl groups is 5. The summed E-state index contributed by atoms with van der Waals surface area (Å²) in [7, 11) is 0. The van der Waals surface area contributed by atoms with Crippen molar-refractivity contribution in [3.63, 3.8) is 0 Å². The molecule has 0 amide bonds. The van der Waals surface area contributed by atoms with Gasteiger partial charge in [-0.1, -0.05) is 19.8 Å². The summed E-state index contributed by atoms with van der Waals surface area (Å²) in [6.45, 7) is 12.0. The van der Waals surface area contributed by atoms with Crippen molar-refractivity contribution in [3.8, 4) is 0 Å². The van der Waals surface area contributed by atoms with Crippen molar-refractivity contribution in [2.75, 3.05) is 0 Å². The van der Waals surface area contributed by atoms with E-state index in [0.717, 1.165) is 40.5 Å². The number of esters is 5. The van der Waals surface area contributed by atoms with Crippen LogP contribution in [0.25, 0.3) is 0 Å². The van der Waals surface area contributed by atoms with Gasteiger partial charge in [0, 0.05) is 34.1 Å². The molecular formula is C38H60O22. The summed E-state index contributed by atoms with van der Waals surface area (Å²) in [5, 5.41) is 53.4. The molecule has 0 aromatic heterocycles. The number of carbonyl (C=O) groups excluding carboxylic acids is 5. The first kappa shape index (κ1) is 49.5. The van der Waals surface area contributed by atoms with Gasteiger partial charge in [0.15, 0.2) is 55.7 Å². The molecule has 0 spiro atoms. The Balaban J connectivity index is 1.76. The van der Waals surface area contributed by atoms with Crippen molar-refractivity contribution in [2.24, 2.45) is 0 Å². The summed E-state index contributed by atoms with van der Waals surface area (Å²) in [6, 6.07) is 0. The van der Waals surface area contributed by atoms with Gasteiger partial charge < -0.3 is 82.4 Å². The van der Waals surface area contributed by atoms with Gasteiger partial charge in [0.25, 0.3) is 0 Å². The van der Waals surface area contributed by atoms with Gasteiger partial charge >= 0.3 is 29.8 Å². The van der Waals surface area contributed by atoms with Crippen molar-refractivity contribution in [3.05, 3.63) is 0 Å². The first-order chi connectivity index (χ1) is 28.1. The molecule has 0 bridgehead atoms.